The summed E-state index contributed by atoms with van der Waals surface area (Å²) in [5, 5.41) is 2.96. The number of carbonyl (C=O) groups excluding carboxylic acids is 2. The van der Waals surface area contributed by atoms with E-state index < -0.39 is 0 Å². The van der Waals surface area contributed by atoms with E-state index in [-0.39, 0.29) is 11.8 Å². The largest absolute Gasteiger partial charge is 0.355 e. The lowest BCUT2D eigenvalue weighted by Gasteiger charge is -2.20. The van der Waals surface area contributed by atoms with Gasteiger partial charge in [-0.1, -0.05) is 33.1 Å². The molecule has 124 valence electrons. The highest BCUT2D eigenvalue weighted by Gasteiger charge is 2.08. The van der Waals surface area contributed by atoms with Gasteiger partial charge in [0.25, 0.3) is 0 Å². The second-order valence-corrected chi connectivity index (χ2v) is 6.50. The molecular weight excluding hydrogens is 264 g/mol. The Hall–Kier alpha value is -0.900. The third kappa shape index (κ3) is 11.4. The Morgan fingerprint density at radius 1 is 0.952 bits per heavy atom. The zero-order valence-electron chi connectivity index (χ0n) is 14.6. The van der Waals surface area contributed by atoms with Crippen LogP contribution >= 0.6 is 0 Å². The molecule has 0 aromatic rings. The molecule has 0 aliphatic heterocycles. The number of rotatable bonds is 12. The summed E-state index contributed by atoms with van der Waals surface area (Å²) in [4.78, 5) is 25.1. The Balaban J connectivity index is 3.40. The molecule has 0 aromatic carbocycles. The van der Waals surface area contributed by atoms with E-state index in [9.17, 15) is 9.59 Å². The first kappa shape index (κ1) is 20.1. The number of nitrogens with one attached hydrogen (secondary N) is 1. The second kappa shape index (κ2) is 11.7. The van der Waals surface area contributed by atoms with Gasteiger partial charge in [0.2, 0.25) is 5.91 Å². The van der Waals surface area contributed by atoms with E-state index >= 15 is 0 Å². The molecule has 0 spiro atoms. The lowest BCUT2D eigenvalue weighted by molar-refractivity contribution is -0.123. The van der Waals surface area contributed by atoms with Gasteiger partial charge in [0.1, 0.15) is 5.78 Å². The summed E-state index contributed by atoms with van der Waals surface area (Å²) in [5.41, 5.74) is 0. The number of likely N-dealkylation sites (N-methyl/N-ethyl adjacent to an activating group) is 1. The molecule has 0 rings (SSSR count). The molecule has 0 fully saturated rings. The second-order valence-electron chi connectivity index (χ2n) is 6.50. The van der Waals surface area contributed by atoms with Gasteiger partial charge >= 0.3 is 0 Å². The Bertz CT molecular complexity index is 301. The van der Waals surface area contributed by atoms with Crippen molar-refractivity contribution >= 4 is 11.7 Å². The van der Waals surface area contributed by atoms with Gasteiger partial charge < -0.3 is 5.32 Å². The molecule has 0 bridgehead atoms. The van der Waals surface area contributed by atoms with Crippen molar-refractivity contribution in [1.82, 2.24) is 10.2 Å². The Morgan fingerprint density at radius 3 is 2.10 bits per heavy atom. The molecule has 0 radical (unpaired) electrons. The molecule has 0 atom stereocenters. The number of Topliss-reactive ketones (excluding diaryl/α,β-unsaturated/α-hetero) is 1. The van der Waals surface area contributed by atoms with Crippen LogP contribution in [0.25, 0.3) is 0 Å². The summed E-state index contributed by atoms with van der Waals surface area (Å²) < 4.78 is 0. The standard InChI is InChI=1S/C17H34N2O2/c1-14(2)16(20)11-9-7-6-8-10-12-18-17(21)13-19(5)15(3)4/h14-15H,6-13H2,1-5H3,(H,18,21). The number of nitrogens with zero attached hydrogens (tertiary/aromatic N) is 1. The van der Waals surface area contributed by atoms with Crippen LogP contribution in [0.1, 0.15) is 66.2 Å². The van der Waals surface area contributed by atoms with Crippen molar-refractivity contribution in [2.75, 3.05) is 20.1 Å². The Labute approximate surface area is 130 Å². The zero-order valence-corrected chi connectivity index (χ0v) is 14.6. The minimum Gasteiger partial charge on any atom is -0.355 e. The molecule has 0 saturated carbocycles. The normalized spacial score (nSPS) is 11.4. The smallest absolute Gasteiger partial charge is 0.234 e. The quantitative estimate of drug-likeness (QED) is 0.563. The number of carbonyl (C=O) groups is 2. The van der Waals surface area contributed by atoms with Crippen LogP contribution in [0.5, 0.6) is 0 Å². The fourth-order valence-corrected chi connectivity index (χ4v) is 1.94. The summed E-state index contributed by atoms with van der Waals surface area (Å²) in [6.45, 7) is 9.31. The topological polar surface area (TPSA) is 49.4 Å². The molecule has 0 aromatic heterocycles. The summed E-state index contributed by atoms with van der Waals surface area (Å²) in [7, 11) is 1.96. The predicted octanol–water partition coefficient (Wildman–Crippen LogP) is 3.01. The molecule has 1 amide bonds. The molecule has 0 heterocycles. The first-order valence-electron chi connectivity index (χ1n) is 8.34. The van der Waals surface area contributed by atoms with Crippen molar-refractivity contribution in [3.05, 3.63) is 0 Å². The summed E-state index contributed by atoms with van der Waals surface area (Å²) in [6.07, 6.45) is 6.12. The van der Waals surface area contributed by atoms with E-state index in [1.54, 1.807) is 0 Å². The molecular formula is C17H34N2O2. The highest BCUT2D eigenvalue weighted by atomic mass is 16.2. The number of unbranched alkanes of at least 4 members (excludes halogenated alkanes) is 4. The number of amides is 1. The highest BCUT2D eigenvalue weighted by Crippen LogP contribution is 2.08. The van der Waals surface area contributed by atoms with E-state index in [1.807, 2.05) is 25.8 Å². The molecule has 4 nitrogen and oxygen atoms in total. The average molecular weight is 298 g/mol. The van der Waals surface area contributed by atoms with Crippen molar-refractivity contribution in [2.45, 2.75) is 72.3 Å². The van der Waals surface area contributed by atoms with Crippen molar-refractivity contribution in [2.24, 2.45) is 5.92 Å². The van der Waals surface area contributed by atoms with Gasteiger partial charge in [0.05, 0.1) is 6.54 Å². The molecule has 0 saturated heterocycles. The summed E-state index contributed by atoms with van der Waals surface area (Å²) in [6, 6.07) is 0.393. The molecule has 21 heavy (non-hydrogen) atoms. The van der Waals surface area contributed by atoms with Gasteiger partial charge in [-0.15, -0.1) is 0 Å². The summed E-state index contributed by atoms with van der Waals surface area (Å²) >= 11 is 0. The lowest BCUT2D eigenvalue weighted by Crippen LogP contribution is -2.38. The fourth-order valence-electron chi connectivity index (χ4n) is 1.94. The van der Waals surface area contributed by atoms with E-state index in [4.69, 9.17) is 0 Å². The SMILES string of the molecule is CC(C)C(=O)CCCCCCCNC(=O)CN(C)C(C)C. The molecule has 0 aliphatic rings. The Morgan fingerprint density at radius 2 is 1.52 bits per heavy atom. The van der Waals surface area contributed by atoms with Crippen LogP contribution in [0, 0.1) is 5.92 Å². The zero-order chi connectivity index (χ0) is 16.3. The van der Waals surface area contributed by atoms with Gasteiger partial charge in [-0.25, -0.2) is 0 Å². The van der Waals surface area contributed by atoms with Crippen LogP contribution in [0.2, 0.25) is 0 Å². The van der Waals surface area contributed by atoms with Crippen molar-refractivity contribution in [1.29, 1.82) is 0 Å². The lowest BCUT2D eigenvalue weighted by atomic mass is 10.0. The molecule has 0 aliphatic carbocycles. The van der Waals surface area contributed by atoms with Crippen LogP contribution in [0.15, 0.2) is 0 Å². The van der Waals surface area contributed by atoms with Crippen LogP contribution in [-0.4, -0.2) is 42.8 Å². The van der Waals surface area contributed by atoms with Gasteiger partial charge in [-0.3, -0.25) is 14.5 Å². The third-order valence-corrected chi connectivity index (χ3v) is 3.84. The van der Waals surface area contributed by atoms with E-state index in [0.29, 0.717) is 18.4 Å². The molecule has 1 N–H and O–H groups in total. The van der Waals surface area contributed by atoms with Crippen molar-refractivity contribution in [3.63, 3.8) is 0 Å². The van der Waals surface area contributed by atoms with Gasteiger partial charge in [0.15, 0.2) is 0 Å². The van der Waals surface area contributed by atoms with Crippen LogP contribution in [0.3, 0.4) is 0 Å². The van der Waals surface area contributed by atoms with Crippen molar-refractivity contribution in [3.8, 4) is 0 Å². The van der Waals surface area contributed by atoms with Gasteiger partial charge in [-0.05, 0) is 33.7 Å². The summed E-state index contributed by atoms with van der Waals surface area (Å²) in [5.74, 6) is 0.648. The first-order chi connectivity index (χ1) is 9.84. The van der Waals surface area contributed by atoms with Crippen molar-refractivity contribution < 1.29 is 9.59 Å². The van der Waals surface area contributed by atoms with Crippen LogP contribution in [-0.2, 0) is 9.59 Å². The predicted molar refractivity (Wildman–Crippen MR) is 88.3 cm³/mol. The van der Waals surface area contributed by atoms with E-state index in [2.05, 4.69) is 19.2 Å². The average Bonchev–Trinajstić information content (AvgIpc) is 2.40. The monoisotopic (exact) mass is 298 g/mol. The van der Waals surface area contributed by atoms with Crippen LogP contribution in [0.4, 0.5) is 0 Å². The highest BCUT2D eigenvalue weighted by molar-refractivity contribution is 5.80. The van der Waals surface area contributed by atoms with Gasteiger partial charge in [0, 0.05) is 24.9 Å². The number of hydrogen-bond donors (Lipinski definition) is 1. The maximum Gasteiger partial charge on any atom is 0.234 e. The maximum absolute atomic E-state index is 11.6. The minimum absolute atomic E-state index is 0.105. The first-order valence-corrected chi connectivity index (χ1v) is 8.34. The fraction of sp³-hybridized carbons (Fsp3) is 0.882. The van der Waals surface area contributed by atoms with Gasteiger partial charge in [-0.2, -0.15) is 0 Å². The van der Waals surface area contributed by atoms with E-state index in [1.165, 1.54) is 0 Å². The third-order valence-electron chi connectivity index (χ3n) is 3.84. The van der Waals surface area contributed by atoms with Crippen LogP contribution < -0.4 is 5.32 Å². The minimum atomic E-state index is 0.105. The van der Waals surface area contributed by atoms with E-state index in [0.717, 1.165) is 45.1 Å². The number of hydrogen-bond acceptors (Lipinski definition) is 3. The maximum atomic E-state index is 11.6. The molecule has 4 heteroatoms. The molecule has 0 unspecified atom stereocenters. The number of ketones is 1. The Kier molecular flexibility index (Phi) is 11.2.